The highest BCUT2D eigenvalue weighted by molar-refractivity contribution is 9.11. The second kappa shape index (κ2) is 14.6. The number of fused-ring (bicyclic) bond motifs is 1. The standard InChI is InChI=1S/C34H44Br2N6O4/c1-38-10-7-27(8-11-38)39-14-16-40(17-15-39)32(43)29(20-23-18-25(35)21-26(36)19-23)31-22-28(9-13-42(31)34(45)46)41-12-6-24-4-2-3-5-30(24)37-33(41)44/h2-5,18-19,21,27-29,31H,6-17,20,22H2,1H3,(H,37,44)(H,45,46)/t28?,29?,31-/m1/s1. The van der Waals surface area contributed by atoms with Gasteiger partial charge in [-0.2, -0.15) is 0 Å². The highest BCUT2D eigenvalue weighted by atomic mass is 79.9. The molecule has 2 N–H and O–H groups in total. The molecule has 0 radical (unpaired) electrons. The number of nitrogens with zero attached hydrogens (tertiary/aromatic N) is 5. The van der Waals surface area contributed by atoms with E-state index in [9.17, 15) is 19.5 Å². The van der Waals surface area contributed by atoms with Crippen molar-refractivity contribution in [3.8, 4) is 0 Å². The fraction of sp³-hybridized carbons (Fsp3) is 0.559. The van der Waals surface area contributed by atoms with Gasteiger partial charge >= 0.3 is 12.1 Å². The number of likely N-dealkylation sites (tertiary alicyclic amines) is 2. The van der Waals surface area contributed by atoms with E-state index < -0.39 is 18.1 Å². The van der Waals surface area contributed by atoms with Crippen LogP contribution < -0.4 is 5.32 Å². The first-order chi connectivity index (χ1) is 22.2. The summed E-state index contributed by atoms with van der Waals surface area (Å²) >= 11 is 7.19. The van der Waals surface area contributed by atoms with E-state index in [1.54, 1.807) is 0 Å². The number of carbonyl (C=O) groups is 3. The first-order valence-electron chi connectivity index (χ1n) is 16.5. The Bertz CT molecular complexity index is 1410. The molecular formula is C34H44Br2N6O4. The van der Waals surface area contributed by atoms with E-state index in [1.165, 1.54) is 4.90 Å². The van der Waals surface area contributed by atoms with E-state index in [1.807, 2.05) is 52.3 Å². The number of hydrogen-bond acceptors (Lipinski definition) is 5. The van der Waals surface area contributed by atoms with Crippen LogP contribution in [0.3, 0.4) is 0 Å². The Morgan fingerprint density at radius 3 is 2.28 bits per heavy atom. The molecule has 4 aliphatic heterocycles. The number of para-hydroxylation sites is 1. The number of carboxylic acid groups (broad SMARTS) is 1. The van der Waals surface area contributed by atoms with Gasteiger partial charge in [0.15, 0.2) is 0 Å². The van der Waals surface area contributed by atoms with Gasteiger partial charge < -0.3 is 30.0 Å². The molecule has 4 amide bonds. The predicted octanol–water partition coefficient (Wildman–Crippen LogP) is 5.21. The molecule has 0 bridgehead atoms. The average molecular weight is 761 g/mol. The number of carbonyl (C=O) groups excluding carboxylic acids is 2. The van der Waals surface area contributed by atoms with Crippen molar-refractivity contribution in [2.24, 2.45) is 5.92 Å². The van der Waals surface area contributed by atoms with E-state index in [-0.39, 0.29) is 24.5 Å². The summed E-state index contributed by atoms with van der Waals surface area (Å²) in [6.07, 6.45) is 3.35. The van der Waals surface area contributed by atoms with Crippen molar-refractivity contribution in [2.75, 3.05) is 64.7 Å². The van der Waals surface area contributed by atoms with Crippen LogP contribution in [0.1, 0.15) is 36.8 Å². The van der Waals surface area contributed by atoms with Crippen molar-refractivity contribution < 1.29 is 19.5 Å². The SMILES string of the molecule is CN1CCC(N2CCN(C(=O)C(Cc3cc(Br)cc(Br)c3)[C@H]3CC(N4CCc5ccccc5NC4=O)CCN3C(=O)O)CC2)CC1. The quantitative estimate of drug-likeness (QED) is 0.420. The third-order valence-corrected chi connectivity index (χ3v) is 11.4. The van der Waals surface area contributed by atoms with Crippen molar-refractivity contribution in [2.45, 2.75) is 56.7 Å². The molecule has 3 atom stereocenters. The molecule has 0 saturated carbocycles. The fourth-order valence-electron chi connectivity index (χ4n) is 7.89. The summed E-state index contributed by atoms with van der Waals surface area (Å²) in [5, 5.41) is 13.5. The molecule has 3 saturated heterocycles. The van der Waals surface area contributed by atoms with E-state index in [2.05, 4.69) is 54.0 Å². The van der Waals surface area contributed by atoms with Gasteiger partial charge in [0.25, 0.3) is 0 Å². The molecule has 12 heteroatoms. The summed E-state index contributed by atoms with van der Waals surface area (Å²) in [5.41, 5.74) is 2.87. The zero-order valence-corrected chi connectivity index (χ0v) is 29.6. The molecule has 10 nitrogen and oxygen atoms in total. The smallest absolute Gasteiger partial charge is 0.407 e. The Balaban J connectivity index is 1.24. The van der Waals surface area contributed by atoms with Crippen molar-refractivity contribution in [3.63, 3.8) is 0 Å². The summed E-state index contributed by atoms with van der Waals surface area (Å²) in [6.45, 7) is 5.96. The van der Waals surface area contributed by atoms with E-state index in [4.69, 9.17) is 0 Å². The molecule has 3 fully saturated rings. The lowest BCUT2D eigenvalue weighted by Gasteiger charge is -2.46. The number of halogens is 2. The predicted molar refractivity (Wildman–Crippen MR) is 185 cm³/mol. The van der Waals surface area contributed by atoms with Gasteiger partial charge in [-0.1, -0.05) is 50.1 Å². The lowest BCUT2D eigenvalue weighted by molar-refractivity contribution is -0.140. The van der Waals surface area contributed by atoms with Crippen LogP contribution in [0.25, 0.3) is 0 Å². The summed E-state index contributed by atoms with van der Waals surface area (Å²) < 4.78 is 1.79. The number of piperidine rings is 2. The first-order valence-corrected chi connectivity index (χ1v) is 18.1. The van der Waals surface area contributed by atoms with Gasteiger partial charge in [-0.3, -0.25) is 9.69 Å². The third kappa shape index (κ3) is 7.55. The van der Waals surface area contributed by atoms with E-state index >= 15 is 0 Å². The number of anilines is 1. The summed E-state index contributed by atoms with van der Waals surface area (Å²) in [7, 11) is 2.17. The van der Waals surface area contributed by atoms with Gasteiger partial charge in [-0.15, -0.1) is 0 Å². The highest BCUT2D eigenvalue weighted by Gasteiger charge is 2.44. The summed E-state index contributed by atoms with van der Waals surface area (Å²) in [5.74, 6) is -0.578. The first kappa shape index (κ1) is 33.2. The number of benzene rings is 2. The molecule has 0 aromatic heterocycles. The number of nitrogens with one attached hydrogen (secondary N) is 1. The normalized spacial score (nSPS) is 24.2. The number of hydrogen-bond donors (Lipinski definition) is 2. The molecular weight excluding hydrogens is 716 g/mol. The summed E-state index contributed by atoms with van der Waals surface area (Å²) in [6, 6.07) is 13.5. The number of urea groups is 1. The van der Waals surface area contributed by atoms with Gasteiger partial charge in [0.1, 0.15) is 0 Å². The topological polar surface area (TPSA) is 99.7 Å². The zero-order chi connectivity index (χ0) is 32.4. The third-order valence-electron chi connectivity index (χ3n) is 10.4. The Labute approximate surface area is 288 Å². The van der Waals surface area contributed by atoms with Gasteiger partial charge in [-0.05, 0) is 94.1 Å². The van der Waals surface area contributed by atoms with Crippen molar-refractivity contribution >= 4 is 55.6 Å². The Morgan fingerprint density at radius 1 is 0.913 bits per heavy atom. The Hall–Kier alpha value is -2.67. The van der Waals surface area contributed by atoms with Gasteiger partial charge in [0, 0.05) is 72.0 Å². The van der Waals surface area contributed by atoms with E-state index in [0.29, 0.717) is 51.4 Å². The Morgan fingerprint density at radius 2 is 1.59 bits per heavy atom. The second-order valence-electron chi connectivity index (χ2n) is 13.2. The van der Waals surface area contributed by atoms with Crippen LogP contribution in [0.2, 0.25) is 0 Å². The molecule has 2 unspecified atom stereocenters. The monoisotopic (exact) mass is 758 g/mol. The van der Waals surface area contributed by atoms with Crippen molar-refractivity contribution in [1.29, 1.82) is 0 Å². The fourth-order valence-corrected chi connectivity index (χ4v) is 9.28. The molecule has 2 aromatic rings. The highest BCUT2D eigenvalue weighted by Crippen LogP contribution is 2.34. The molecule has 0 spiro atoms. The maximum atomic E-state index is 14.6. The number of amides is 4. The molecule has 2 aromatic carbocycles. The average Bonchev–Trinajstić information content (AvgIpc) is 3.21. The maximum Gasteiger partial charge on any atom is 0.407 e. The largest absolute Gasteiger partial charge is 0.465 e. The Kier molecular flexibility index (Phi) is 10.6. The maximum absolute atomic E-state index is 14.6. The van der Waals surface area contributed by atoms with Crippen LogP contribution in [-0.4, -0.2) is 125 Å². The number of piperazine rings is 1. The van der Waals surface area contributed by atoms with Gasteiger partial charge in [0.2, 0.25) is 5.91 Å². The molecule has 4 heterocycles. The molecule has 6 rings (SSSR count). The number of rotatable bonds is 6. The van der Waals surface area contributed by atoms with Gasteiger partial charge in [0.05, 0.1) is 5.92 Å². The lowest BCUT2D eigenvalue weighted by Crippen LogP contribution is -2.60. The van der Waals surface area contributed by atoms with Crippen LogP contribution in [-0.2, 0) is 17.6 Å². The zero-order valence-electron chi connectivity index (χ0n) is 26.4. The van der Waals surface area contributed by atoms with Crippen molar-refractivity contribution in [1.82, 2.24) is 24.5 Å². The summed E-state index contributed by atoms with van der Waals surface area (Å²) in [4.78, 5) is 51.0. The van der Waals surface area contributed by atoms with Gasteiger partial charge in [-0.25, -0.2) is 9.59 Å². The van der Waals surface area contributed by atoms with Crippen LogP contribution in [0.5, 0.6) is 0 Å². The van der Waals surface area contributed by atoms with Crippen LogP contribution >= 0.6 is 31.9 Å². The van der Waals surface area contributed by atoms with Crippen LogP contribution in [0, 0.1) is 5.92 Å². The molecule has 248 valence electrons. The van der Waals surface area contributed by atoms with Crippen LogP contribution in [0.4, 0.5) is 15.3 Å². The molecule has 0 aliphatic carbocycles. The minimum absolute atomic E-state index is 0.00347. The minimum atomic E-state index is -1.02. The molecule has 4 aliphatic rings. The molecule has 46 heavy (non-hydrogen) atoms. The van der Waals surface area contributed by atoms with Crippen molar-refractivity contribution in [3.05, 3.63) is 62.5 Å². The van der Waals surface area contributed by atoms with Crippen LogP contribution in [0.15, 0.2) is 51.4 Å². The van der Waals surface area contributed by atoms with E-state index in [0.717, 1.165) is 64.8 Å². The lowest BCUT2D eigenvalue weighted by atomic mass is 9.82. The minimum Gasteiger partial charge on any atom is -0.465 e. The second-order valence-corrected chi connectivity index (χ2v) is 15.1.